The van der Waals surface area contributed by atoms with Gasteiger partial charge >= 0.3 is 0 Å². The first-order valence-electron chi connectivity index (χ1n) is 9.72. The van der Waals surface area contributed by atoms with E-state index in [2.05, 4.69) is 0 Å². The number of Topliss-reactive ketones (excluding diaryl/α,β-unsaturated/α-hetero) is 1. The summed E-state index contributed by atoms with van der Waals surface area (Å²) in [5, 5.41) is 20.4. The molecule has 0 amide bonds. The Morgan fingerprint density at radius 2 is 1.75 bits per heavy atom. The molecule has 0 saturated heterocycles. The maximum absolute atomic E-state index is 13.1. The normalized spacial score (nSPS) is 11.5. The number of pyridine rings is 1. The second-order valence-electron chi connectivity index (χ2n) is 7.13. The molecule has 1 aromatic heterocycles. The van der Waals surface area contributed by atoms with E-state index in [1.807, 2.05) is 6.07 Å². The monoisotopic (exact) mass is 436 g/mol. The predicted octanol–water partition coefficient (Wildman–Crippen LogP) is 3.58. The van der Waals surface area contributed by atoms with E-state index in [9.17, 15) is 24.3 Å². The molecule has 3 aromatic rings. The van der Waals surface area contributed by atoms with Crippen molar-refractivity contribution >= 4 is 5.78 Å². The Labute approximate surface area is 183 Å². The topological polar surface area (TPSA) is 102 Å². The largest absolute Gasteiger partial charge is 0.497 e. The van der Waals surface area contributed by atoms with Crippen molar-refractivity contribution in [3.8, 4) is 23.4 Å². The van der Waals surface area contributed by atoms with Crippen molar-refractivity contribution in [1.29, 1.82) is 5.26 Å². The zero-order valence-corrected chi connectivity index (χ0v) is 17.8. The zero-order chi connectivity index (χ0) is 23.4. The third-order valence-electron chi connectivity index (χ3n) is 5.04. The molecule has 0 spiro atoms. The number of aromatic hydroxyl groups is 1. The molecule has 32 heavy (non-hydrogen) atoms. The van der Waals surface area contributed by atoms with Crippen LogP contribution in [0.5, 0.6) is 17.4 Å². The summed E-state index contributed by atoms with van der Waals surface area (Å²) in [6.45, 7) is 2.84. The van der Waals surface area contributed by atoms with Crippen LogP contribution < -0.4 is 15.0 Å². The summed E-state index contributed by atoms with van der Waals surface area (Å²) >= 11 is 0. The average molecular weight is 436 g/mol. The summed E-state index contributed by atoms with van der Waals surface area (Å²) in [5.74, 6) is -0.744. The van der Waals surface area contributed by atoms with Crippen molar-refractivity contribution in [2.75, 3.05) is 7.11 Å². The van der Waals surface area contributed by atoms with Crippen molar-refractivity contribution in [2.24, 2.45) is 0 Å². The molecule has 0 radical (unpaired) electrons. The Kier molecular flexibility index (Phi) is 6.59. The van der Waals surface area contributed by atoms with Gasteiger partial charge < -0.3 is 14.6 Å². The van der Waals surface area contributed by atoms with E-state index in [0.29, 0.717) is 11.3 Å². The number of benzene rings is 2. The Morgan fingerprint density at radius 3 is 2.31 bits per heavy atom. The highest BCUT2D eigenvalue weighted by Gasteiger charge is 2.28. The summed E-state index contributed by atoms with van der Waals surface area (Å²) < 4.78 is 24.8. The van der Waals surface area contributed by atoms with Crippen LogP contribution in [0.15, 0.2) is 53.3 Å². The molecule has 0 aliphatic carbocycles. The van der Waals surface area contributed by atoms with Crippen LogP contribution in [-0.4, -0.2) is 28.7 Å². The van der Waals surface area contributed by atoms with Gasteiger partial charge in [0.25, 0.3) is 5.56 Å². The fraction of sp³-hybridized carbons (Fsp3) is 0.208. The lowest BCUT2D eigenvalue weighted by atomic mass is 9.99. The molecule has 0 aliphatic rings. The first-order valence-corrected chi connectivity index (χ1v) is 9.72. The number of carbonyl (C=O) groups is 1. The molecule has 0 fully saturated rings. The highest BCUT2D eigenvalue weighted by Crippen LogP contribution is 2.26. The van der Waals surface area contributed by atoms with Gasteiger partial charge in [0.2, 0.25) is 11.7 Å². The van der Waals surface area contributed by atoms with Crippen molar-refractivity contribution in [1.82, 2.24) is 4.57 Å². The molecule has 2 aromatic carbocycles. The van der Waals surface area contributed by atoms with Crippen molar-refractivity contribution in [3.63, 3.8) is 0 Å². The van der Waals surface area contributed by atoms with Crippen LogP contribution in [0.4, 0.5) is 4.39 Å². The van der Waals surface area contributed by atoms with Crippen LogP contribution in [0, 0.1) is 24.1 Å². The number of ether oxygens (including phenoxy) is 2. The average Bonchev–Trinajstić information content (AvgIpc) is 2.79. The van der Waals surface area contributed by atoms with Crippen molar-refractivity contribution in [2.45, 2.75) is 26.5 Å². The third-order valence-corrected chi connectivity index (χ3v) is 5.04. The molecular formula is C24H21FN2O5. The Morgan fingerprint density at radius 1 is 1.16 bits per heavy atom. The zero-order valence-electron chi connectivity index (χ0n) is 17.8. The minimum absolute atomic E-state index is 0.0584. The summed E-state index contributed by atoms with van der Waals surface area (Å²) in [5.41, 5.74) is -0.398. The van der Waals surface area contributed by atoms with Gasteiger partial charge in [0.1, 0.15) is 28.9 Å². The standard InChI is InChI=1S/C24H21FN2O5/c1-14-20(12-26)23(29)27(13-16-4-8-18(31-3)9-5-16)24(30)21(14)22(28)15(2)32-19-10-6-17(25)7-11-19/h4-11,15,30H,13H2,1-3H3. The summed E-state index contributed by atoms with van der Waals surface area (Å²) in [7, 11) is 1.53. The number of rotatable bonds is 7. The van der Waals surface area contributed by atoms with Gasteiger partial charge in [0, 0.05) is 0 Å². The smallest absolute Gasteiger partial charge is 0.271 e. The second kappa shape index (κ2) is 9.35. The van der Waals surface area contributed by atoms with Crippen molar-refractivity contribution in [3.05, 3.63) is 87.0 Å². The summed E-state index contributed by atoms with van der Waals surface area (Å²) in [6.07, 6.45) is -1.07. The molecule has 1 unspecified atom stereocenters. The lowest BCUT2D eigenvalue weighted by Crippen LogP contribution is -2.31. The molecule has 164 valence electrons. The quantitative estimate of drug-likeness (QED) is 0.568. The van der Waals surface area contributed by atoms with E-state index in [1.165, 1.54) is 45.2 Å². The van der Waals surface area contributed by atoms with Crippen LogP contribution in [0.25, 0.3) is 0 Å². The first kappa shape index (κ1) is 22.6. The Hall–Kier alpha value is -4.12. The van der Waals surface area contributed by atoms with Crippen molar-refractivity contribution < 1.29 is 23.8 Å². The van der Waals surface area contributed by atoms with Gasteiger partial charge in [0.15, 0.2) is 6.10 Å². The van der Waals surface area contributed by atoms with E-state index in [1.54, 1.807) is 24.3 Å². The molecular weight excluding hydrogens is 415 g/mol. The summed E-state index contributed by atoms with van der Waals surface area (Å²) in [4.78, 5) is 25.9. The molecule has 8 heteroatoms. The predicted molar refractivity (Wildman–Crippen MR) is 115 cm³/mol. The van der Waals surface area contributed by atoms with Gasteiger partial charge in [0.05, 0.1) is 19.2 Å². The molecule has 1 heterocycles. The number of nitrogens with zero attached hydrogens (tertiary/aromatic N) is 2. The highest BCUT2D eigenvalue weighted by atomic mass is 19.1. The van der Waals surface area contributed by atoms with Gasteiger partial charge in [-0.05, 0) is 61.4 Å². The number of hydrogen-bond donors (Lipinski definition) is 1. The Bertz CT molecular complexity index is 1240. The minimum Gasteiger partial charge on any atom is -0.497 e. The number of ketones is 1. The van der Waals surface area contributed by atoms with Crippen LogP contribution in [0.2, 0.25) is 0 Å². The third kappa shape index (κ3) is 4.47. The van der Waals surface area contributed by atoms with Gasteiger partial charge in [-0.1, -0.05) is 12.1 Å². The fourth-order valence-corrected chi connectivity index (χ4v) is 3.28. The van der Waals surface area contributed by atoms with Crippen LogP contribution in [0.1, 0.15) is 34.0 Å². The molecule has 0 aliphatic heterocycles. The number of methoxy groups -OCH3 is 1. The van der Waals surface area contributed by atoms with Crippen LogP contribution in [-0.2, 0) is 6.54 Å². The minimum atomic E-state index is -1.07. The number of hydrogen-bond acceptors (Lipinski definition) is 6. The lowest BCUT2D eigenvalue weighted by Gasteiger charge is -2.19. The molecule has 0 bridgehead atoms. The van der Waals surface area contributed by atoms with Crippen LogP contribution >= 0.6 is 0 Å². The number of nitriles is 1. The fourth-order valence-electron chi connectivity index (χ4n) is 3.28. The molecule has 1 N–H and O–H groups in total. The van der Waals surface area contributed by atoms with Crippen LogP contribution in [0.3, 0.4) is 0 Å². The van der Waals surface area contributed by atoms with E-state index in [-0.39, 0.29) is 29.0 Å². The Balaban J connectivity index is 2.01. The van der Waals surface area contributed by atoms with E-state index < -0.39 is 29.1 Å². The second-order valence-corrected chi connectivity index (χ2v) is 7.13. The number of aromatic nitrogens is 1. The van der Waals surface area contributed by atoms with Gasteiger partial charge in [-0.25, -0.2) is 4.39 Å². The summed E-state index contributed by atoms with van der Waals surface area (Å²) in [6, 6.07) is 13.8. The lowest BCUT2D eigenvalue weighted by molar-refractivity contribution is 0.0812. The maximum atomic E-state index is 13.1. The number of carbonyl (C=O) groups excluding carboxylic acids is 1. The van der Waals surface area contributed by atoms with E-state index in [0.717, 1.165) is 4.57 Å². The molecule has 3 rings (SSSR count). The first-order chi connectivity index (χ1) is 15.3. The van der Waals surface area contributed by atoms with Gasteiger partial charge in [-0.2, -0.15) is 5.26 Å². The maximum Gasteiger partial charge on any atom is 0.271 e. The van der Waals surface area contributed by atoms with E-state index >= 15 is 0 Å². The molecule has 1 atom stereocenters. The number of halogens is 1. The van der Waals surface area contributed by atoms with E-state index in [4.69, 9.17) is 9.47 Å². The van der Waals surface area contributed by atoms with Gasteiger partial charge in [-0.3, -0.25) is 14.2 Å². The van der Waals surface area contributed by atoms with Gasteiger partial charge in [-0.15, -0.1) is 0 Å². The molecule has 7 nitrogen and oxygen atoms in total. The SMILES string of the molecule is COc1ccc(Cn2c(O)c(C(=O)C(C)Oc3ccc(F)cc3)c(C)c(C#N)c2=O)cc1. The highest BCUT2D eigenvalue weighted by molar-refractivity contribution is 6.03. The molecule has 0 saturated carbocycles.